The van der Waals surface area contributed by atoms with Crippen LogP contribution in [0.3, 0.4) is 0 Å². The van der Waals surface area contributed by atoms with Gasteiger partial charge in [0.1, 0.15) is 17.2 Å². The summed E-state index contributed by atoms with van der Waals surface area (Å²) < 4.78 is 38.3. The Balaban J connectivity index is 1.44. The quantitative estimate of drug-likeness (QED) is 0.608. The van der Waals surface area contributed by atoms with E-state index >= 15 is 4.39 Å². The van der Waals surface area contributed by atoms with Crippen molar-refractivity contribution < 1.29 is 23.0 Å². The molecule has 2 heterocycles. The molecule has 1 aliphatic heterocycles. The molecule has 0 atom stereocenters. The minimum absolute atomic E-state index is 0.0285. The van der Waals surface area contributed by atoms with E-state index in [-0.39, 0.29) is 34.6 Å². The van der Waals surface area contributed by atoms with Crippen LogP contribution in [0.4, 0.5) is 20.5 Å². The fraction of sp³-hybridized carbons (Fsp3) is 0.348. The number of benzene rings is 2. The molecule has 0 saturated carbocycles. The van der Waals surface area contributed by atoms with Gasteiger partial charge in [0.15, 0.2) is 17.3 Å². The summed E-state index contributed by atoms with van der Waals surface area (Å²) in [5.41, 5.74) is 7.06. The average molecular weight is 457 g/mol. The fourth-order valence-electron chi connectivity index (χ4n) is 3.90. The molecule has 8 nitrogen and oxygen atoms in total. The third kappa shape index (κ3) is 4.59. The molecule has 0 spiro atoms. The van der Waals surface area contributed by atoms with Crippen molar-refractivity contribution in [2.24, 2.45) is 0 Å². The van der Waals surface area contributed by atoms with Gasteiger partial charge in [0.25, 0.3) is 0 Å². The maximum atomic E-state index is 15.0. The van der Waals surface area contributed by atoms with Gasteiger partial charge in [-0.25, -0.2) is 13.8 Å². The topological polar surface area (TPSA) is 93.8 Å². The van der Waals surface area contributed by atoms with Gasteiger partial charge in [-0.1, -0.05) is 12.1 Å². The van der Waals surface area contributed by atoms with Gasteiger partial charge >= 0.3 is 0 Å². The molecule has 2 aromatic carbocycles. The standard InChI is InChI=1S/C23H25F2N5O3/c1-32-17-13-16-20(19(25)21(17)33-2)27-23(28-22(16)26)30-11-9-29(10-12-30)18(31)8-5-14-3-6-15(24)7-4-14/h3-4,6-7,13H,5,8-12H2,1-2H3,(H2,26,27,28). The molecule has 2 N–H and O–H groups in total. The molecule has 1 amide bonds. The molecule has 174 valence electrons. The van der Waals surface area contributed by atoms with E-state index in [0.717, 1.165) is 5.56 Å². The van der Waals surface area contributed by atoms with E-state index in [1.54, 1.807) is 23.1 Å². The van der Waals surface area contributed by atoms with E-state index < -0.39 is 5.82 Å². The maximum Gasteiger partial charge on any atom is 0.228 e. The first kappa shape index (κ1) is 22.5. The number of amides is 1. The van der Waals surface area contributed by atoms with Crippen molar-refractivity contribution in [3.63, 3.8) is 0 Å². The van der Waals surface area contributed by atoms with Gasteiger partial charge in [-0.05, 0) is 30.2 Å². The summed E-state index contributed by atoms with van der Waals surface area (Å²) in [6.45, 7) is 1.94. The zero-order valence-corrected chi connectivity index (χ0v) is 18.5. The predicted octanol–water partition coefficient (Wildman–Crippen LogP) is 2.79. The number of rotatable bonds is 6. The summed E-state index contributed by atoms with van der Waals surface area (Å²) in [4.78, 5) is 25.0. The van der Waals surface area contributed by atoms with Gasteiger partial charge in [0.05, 0.1) is 14.2 Å². The Bertz CT molecular complexity index is 1170. The highest BCUT2D eigenvalue weighted by Gasteiger charge is 2.25. The van der Waals surface area contributed by atoms with Crippen LogP contribution < -0.4 is 20.1 Å². The largest absolute Gasteiger partial charge is 0.493 e. The fourth-order valence-corrected chi connectivity index (χ4v) is 3.90. The van der Waals surface area contributed by atoms with Gasteiger partial charge < -0.3 is 25.0 Å². The summed E-state index contributed by atoms with van der Waals surface area (Å²) >= 11 is 0. The predicted molar refractivity (Wildman–Crippen MR) is 121 cm³/mol. The van der Waals surface area contributed by atoms with E-state index in [0.29, 0.717) is 50.4 Å². The van der Waals surface area contributed by atoms with Crippen LogP contribution in [0, 0.1) is 11.6 Å². The summed E-state index contributed by atoms with van der Waals surface area (Å²) in [7, 11) is 2.76. The number of hydrogen-bond donors (Lipinski definition) is 1. The second-order valence-corrected chi connectivity index (χ2v) is 7.73. The highest BCUT2D eigenvalue weighted by atomic mass is 19.1. The molecule has 10 heteroatoms. The smallest absolute Gasteiger partial charge is 0.228 e. The lowest BCUT2D eigenvalue weighted by atomic mass is 10.1. The molecule has 0 unspecified atom stereocenters. The lowest BCUT2D eigenvalue weighted by molar-refractivity contribution is -0.131. The number of nitrogens with zero attached hydrogens (tertiary/aromatic N) is 4. The summed E-state index contributed by atoms with van der Waals surface area (Å²) in [5.74, 6) is -0.353. The molecule has 1 aliphatic rings. The number of carbonyl (C=O) groups excluding carboxylic acids is 1. The number of piperazine rings is 1. The van der Waals surface area contributed by atoms with Gasteiger partial charge in [-0.15, -0.1) is 0 Å². The van der Waals surface area contributed by atoms with Gasteiger partial charge in [-0.3, -0.25) is 4.79 Å². The number of nitrogen functional groups attached to an aromatic ring is 1. The Labute approximate surface area is 189 Å². The number of hydrogen-bond acceptors (Lipinski definition) is 7. The van der Waals surface area contributed by atoms with Gasteiger partial charge in [0, 0.05) is 38.0 Å². The molecule has 33 heavy (non-hydrogen) atoms. The maximum absolute atomic E-state index is 15.0. The van der Waals surface area contributed by atoms with E-state index in [1.165, 1.54) is 26.4 Å². The minimum Gasteiger partial charge on any atom is -0.493 e. The van der Waals surface area contributed by atoms with Crippen molar-refractivity contribution in [2.45, 2.75) is 12.8 Å². The third-order valence-electron chi connectivity index (χ3n) is 5.75. The molecule has 1 aromatic heterocycles. The highest BCUT2D eigenvalue weighted by Crippen LogP contribution is 2.37. The number of halogens is 2. The summed E-state index contributed by atoms with van der Waals surface area (Å²) in [5, 5.41) is 0.337. The Morgan fingerprint density at radius 1 is 1.06 bits per heavy atom. The zero-order chi connectivity index (χ0) is 23.5. The number of aryl methyl sites for hydroxylation is 1. The molecule has 3 aromatic rings. The second kappa shape index (κ2) is 9.43. The summed E-state index contributed by atoms with van der Waals surface area (Å²) in [6.07, 6.45) is 0.895. The SMILES string of the molecule is COc1cc2c(N)nc(N3CCN(C(=O)CCc4ccc(F)cc4)CC3)nc2c(F)c1OC. The van der Waals surface area contributed by atoms with Crippen LogP contribution in [-0.4, -0.2) is 61.2 Å². The molecule has 0 bridgehead atoms. The molecular formula is C23H25F2N5O3. The van der Waals surface area contributed by atoms with E-state index in [2.05, 4.69) is 9.97 Å². The molecule has 0 aliphatic carbocycles. The van der Waals surface area contributed by atoms with E-state index in [9.17, 15) is 9.18 Å². The Hall–Kier alpha value is -3.69. The Kier molecular flexibility index (Phi) is 6.43. The van der Waals surface area contributed by atoms with Crippen LogP contribution in [0.1, 0.15) is 12.0 Å². The number of nitrogens with two attached hydrogens (primary N) is 1. The van der Waals surface area contributed by atoms with Crippen molar-refractivity contribution in [3.05, 3.63) is 47.5 Å². The zero-order valence-electron chi connectivity index (χ0n) is 18.5. The van der Waals surface area contributed by atoms with Crippen LogP contribution in [-0.2, 0) is 11.2 Å². The van der Waals surface area contributed by atoms with Crippen molar-refractivity contribution in [1.82, 2.24) is 14.9 Å². The van der Waals surface area contributed by atoms with E-state index in [4.69, 9.17) is 15.2 Å². The lowest BCUT2D eigenvalue weighted by Gasteiger charge is -2.35. The Morgan fingerprint density at radius 3 is 2.39 bits per heavy atom. The van der Waals surface area contributed by atoms with Crippen molar-refractivity contribution in [3.8, 4) is 11.5 Å². The van der Waals surface area contributed by atoms with Crippen molar-refractivity contribution in [2.75, 3.05) is 51.0 Å². The molecule has 1 saturated heterocycles. The van der Waals surface area contributed by atoms with E-state index in [1.807, 2.05) is 4.90 Å². The average Bonchev–Trinajstić information content (AvgIpc) is 2.83. The highest BCUT2D eigenvalue weighted by molar-refractivity contribution is 5.92. The minimum atomic E-state index is -0.670. The number of methoxy groups -OCH3 is 2. The van der Waals surface area contributed by atoms with Crippen molar-refractivity contribution in [1.29, 1.82) is 0 Å². The first-order valence-electron chi connectivity index (χ1n) is 10.6. The molecule has 0 radical (unpaired) electrons. The first-order valence-corrected chi connectivity index (χ1v) is 10.6. The van der Waals surface area contributed by atoms with Gasteiger partial charge in [-0.2, -0.15) is 4.98 Å². The summed E-state index contributed by atoms with van der Waals surface area (Å²) in [6, 6.07) is 7.70. The first-order chi connectivity index (χ1) is 15.9. The van der Waals surface area contributed by atoms with Crippen LogP contribution >= 0.6 is 0 Å². The molecule has 4 rings (SSSR count). The van der Waals surface area contributed by atoms with Crippen LogP contribution in [0.25, 0.3) is 10.9 Å². The number of anilines is 2. The molecule has 1 fully saturated rings. The van der Waals surface area contributed by atoms with Crippen molar-refractivity contribution >= 4 is 28.6 Å². The monoisotopic (exact) mass is 457 g/mol. The number of carbonyl (C=O) groups is 1. The van der Waals surface area contributed by atoms with Crippen LogP contribution in [0.15, 0.2) is 30.3 Å². The number of fused-ring (bicyclic) bond motifs is 1. The number of aromatic nitrogens is 2. The third-order valence-corrected chi connectivity index (χ3v) is 5.75. The molecular weight excluding hydrogens is 432 g/mol. The lowest BCUT2D eigenvalue weighted by Crippen LogP contribution is -2.49. The van der Waals surface area contributed by atoms with Crippen LogP contribution in [0.5, 0.6) is 11.5 Å². The number of ether oxygens (including phenoxy) is 2. The normalized spacial score (nSPS) is 13.9. The Morgan fingerprint density at radius 2 is 1.76 bits per heavy atom. The van der Waals surface area contributed by atoms with Gasteiger partial charge in [0.2, 0.25) is 11.9 Å². The second-order valence-electron chi connectivity index (χ2n) is 7.73. The van der Waals surface area contributed by atoms with Crippen LogP contribution in [0.2, 0.25) is 0 Å².